The maximum Gasteiger partial charge on any atom is 0.241 e. The minimum Gasteiger partial charge on any atom is -0.497 e. The van der Waals surface area contributed by atoms with Gasteiger partial charge in [-0.1, -0.05) is 42.5 Å². The molecule has 5 nitrogen and oxygen atoms in total. The number of anilines is 1. The number of nitrogens with one attached hydrogen (secondary N) is 1. The third-order valence-electron chi connectivity index (χ3n) is 5.92. The minimum atomic E-state index is -0.153. The third kappa shape index (κ3) is 4.81. The van der Waals surface area contributed by atoms with Gasteiger partial charge in [0.05, 0.1) is 13.2 Å². The standard InChI is InChI=1S/C25H29N3O2/c1-19(25(29)26-23-10-9-21-5-3-4-6-22(21)17-23)28-15-13-27(14-16-28)18-20-7-11-24(30-2)12-8-20/h3-12,17,19H,13-16,18H2,1-2H3,(H,26,29)/t19-/m1/s1. The van der Waals surface area contributed by atoms with Crippen molar-refractivity contribution >= 4 is 22.4 Å². The summed E-state index contributed by atoms with van der Waals surface area (Å²) in [6.45, 7) is 6.62. The number of carbonyl (C=O) groups is 1. The van der Waals surface area contributed by atoms with E-state index < -0.39 is 0 Å². The maximum atomic E-state index is 12.8. The first-order chi connectivity index (χ1) is 14.6. The Hall–Kier alpha value is -2.89. The molecule has 1 aliphatic heterocycles. The molecule has 3 aromatic rings. The van der Waals surface area contributed by atoms with E-state index in [9.17, 15) is 4.79 Å². The van der Waals surface area contributed by atoms with Crippen molar-refractivity contribution < 1.29 is 9.53 Å². The molecule has 0 aromatic heterocycles. The first-order valence-electron chi connectivity index (χ1n) is 10.5. The van der Waals surface area contributed by atoms with Crippen molar-refractivity contribution in [1.29, 1.82) is 0 Å². The van der Waals surface area contributed by atoms with Crippen molar-refractivity contribution in [1.82, 2.24) is 9.80 Å². The molecule has 3 aromatic carbocycles. The molecule has 0 radical (unpaired) electrons. The molecule has 30 heavy (non-hydrogen) atoms. The molecule has 1 saturated heterocycles. The lowest BCUT2D eigenvalue weighted by molar-refractivity contribution is -0.121. The molecule has 1 fully saturated rings. The molecular formula is C25H29N3O2. The van der Waals surface area contributed by atoms with Gasteiger partial charge < -0.3 is 10.1 Å². The minimum absolute atomic E-state index is 0.0499. The summed E-state index contributed by atoms with van der Waals surface area (Å²) in [6.07, 6.45) is 0. The summed E-state index contributed by atoms with van der Waals surface area (Å²) in [5.74, 6) is 0.934. The lowest BCUT2D eigenvalue weighted by Crippen LogP contribution is -2.52. The highest BCUT2D eigenvalue weighted by atomic mass is 16.5. The van der Waals surface area contributed by atoms with Crippen molar-refractivity contribution in [2.45, 2.75) is 19.5 Å². The van der Waals surface area contributed by atoms with E-state index in [0.717, 1.165) is 49.5 Å². The molecule has 5 heteroatoms. The van der Waals surface area contributed by atoms with Crippen molar-refractivity contribution in [3.05, 3.63) is 72.3 Å². The van der Waals surface area contributed by atoms with Crippen LogP contribution in [0.3, 0.4) is 0 Å². The molecule has 1 atom stereocenters. The van der Waals surface area contributed by atoms with E-state index in [1.807, 2.05) is 49.4 Å². The average Bonchev–Trinajstić information content (AvgIpc) is 2.79. The van der Waals surface area contributed by atoms with E-state index in [1.165, 1.54) is 10.9 Å². The first kappa shape index (κ1) is 20.4. The summed E-state index contributed by atoms with van der Waals surface area (Å²) >= 11 is 0. The molecule has 156 valence electrons. The summed E-state index contributed by atoms with van der Waals surface area (Å²) in [4.78, 5) is 17.5. The highest BCUT2D eigenvalue weighted by Crippen LogP contribution is 2.20. The molecule has 1 heterocycles. The average molecular weight is 404 g/mol. The fourth-order valence-corrected chi connectivity index (χ4v) is 3.98. The Bertz CT molecular complexity index is 995. The molecule has 1 amide bonds. The molecule has 0 unspecified atom stereocenters. The third-order valence-corrected chi connectivity index (χ3v) is 5.92. The van der Waals surface area contributed by atoms with Gasteiger partial charge in [-0.2, -0.15) is 0 Å². The predicted octanol–water partition coefficient (Wildman–Crippen LogP) is 3.99. The lowest BCUT2D eigenvalue weighted by Gasteiger charge is -2.37. The van der Waals surface area contributed by atoms with Crippen LogP contribution in [0.2, 0.25) is 0 Å². The van der Waals surface area contributed by atoms with Crippen LogP contribution in [0.5, 0.6) is 5.75 Å². The van der Waals surface area contributed by atoms with Crippen LogP contribution in [0.25, 0.3) is 10.8 Å². The number of amides is 1. The Morgan fingerprint density at radius 2 is 1.67 bits per heavy atom. The number of hydrogen-bond donors (Lipinski definition) is 1. The van der Waals surface area contributed by atoms with Gasteiger partial charge in [0.25, 0.3) is 0 Å². The summed E-state index contributed by atoms with van der Waals surface area (Å²) in [6, 6.07) is 22.3. The van der Waals surface area contributed by atoms with E-state index >= 15 is 0 Å². The second-order valence-corrected chi connectivity index (χ2v) is 7.89. The van der Waals surface area contributed by atoms with Crippen LogP contribution in [-0.4, -0.2) is 55.0 Å². The van der Waals surface area contributed by atoms with Gasteiger partial charge in [0.1, 0.15) is 5.75 Å². The van der Waals surface area contributed by atoms with Gasteiger partial charge >= 0.3 is 0 Å². The quantitative estimate of drug-likeness (QED) is 0.676. The highest BCUT2D eigenvalue weighted by Gasteiger charge is 2.25. The van der Waals surface area contributed by atoms with Gasteiger partial charge in [-0.3, -0.25) is 14.6 Å². The van der Waals surface area contributed by atoms with Crippen LogP contribution in [0.1, 0.15) is 12.5 Å². The number of fused-ring (bicyclic) bond motifs is 1. The van der Waals surface area contributed by atoms with Crippen LogP contribution >= 0.6 is 0 Å². The van der Waals surface area contributed by atoms with Crippen LogP contribution in [0, 0.1) is 0 Å². The summed E-state index contributed by atoms with van der Waals surface area (Å²) in [5.41, 5.74) is 2.13. The molecular weight excluding hydrogens is 374 g/mol. The molecule has 0 bridgehead atoms. The zero-order valence-electron chi connectivity index (χ0n) is 17.7. The number of carbonyl (C=O) groups excluding carboxylic acids is 1. The lowest BCUT2D eigenvalue weighted by atomic mass is 10.1. The number of ether oxygens (including phenoxy) is 1. The van der Waals surface area contributed by atoms with Crippen LogP contribution in [-0.2, 0) is 11.3 Å². The Morgan fingerprint density at radius 3 is 2.37 bits per heavy atom. The normalized spacial score (nSPS) is 16.3. The fraction of sp³-hybridized carbons (Fsp3) is 0.320. The zero-order chi connectivity index (χ0) is 20.9. The Kier molecular flexibility index (Phi) is 6.31. The Balaban J connectivity index is 1.29. The first-order valence-corrected chi connectivity index (χ1v) is 10.5. The van der Waals surface area contributed by atoms with Crippen LogP contribution < -0.4 is 10.1 Å². The molecule has 0 aliphatic carbocycles. The van der Waals surface area contributed by atoms with Gasteiger partial charge in [0.15, 0.2) is 0 Å². The van der Waals surface area contributed by atoms with Gasteiger partial charge in [-0.25, -0.2) is 0 Å². The molecule has 1 aliphatic rings. The van der Waals surface area contributed by atoms with Crippen molar-refractivity contribution in [2.24, 2.45) is 0 Å². The maximum absolute atomic E-state index is 12.8. The second kappa shape index (κ2) is 9.28. The number of benzene rings is 3. The molecule has 0 saturated carbocycles. The number of rotatable bonds is 6. The van der Waals surface area contributed by atoms with Crippen molar-refractivity contribution in [3.8, 4) is 5.75 Å². The van der Waals surface area contributed by atoms with Crippen molar-refractivity contribution in [3.63, 3.8) is 0 Å². The predicted molar refractivity (Wildman–Crippen MR) is 122 cm³/mol. The zero-order valence-corrected chi connectivity index (χ0v) is 17.7. The number of nitrogens with zero attached hydrogens (tertiary/aromatic N) is 2. The number of methoxy groups -OCH3 is 1. The van der Waals surface area contributed by atoms with Gasteiger partial charge in [0, 0.05) is 38.4 Å². The molecule has 0 spiro atoms. The monoisotopic (exact) mass is 403 g/mol. The van der Waals surface area contributed by atoms with Gasteiger partial charge in [0.2, 0.25) is 5.91 Å². The number of hydrogen-bond acceptors (Lipinski definition) is 4. The second-order valence-electron chi connectivity index (χ2n) is 7.89. The topological polar surface area (TPSA) is 44.8 Å². The van der Waals surface area contributed by atoms with E-state index in [1.54, 1.807) is 7.11 Å². The smallest absolute Gasteiger partial charge is 0.241 e. The van der Waals surface area contributed by atoms with E-state index in [-0.39, 0.29) is 11.9 Å². The van der Waals surface area contributed by atoms with Crippen LogP contribution in [0.4, 0.5) is 5.69 Å². The largest absolute Gasteiger partial charge is 0.497 e. The summed E-state index contributed by atoms with van der Waals surface area (Å²) < 4.78 is 5.23. The van der Waals surface area contributed by atoms with E-state index in [2.05, 4.69) is 39.4 Å². The highest BCUT2D eigenvalue weighted by molar-refractivity contribution is 5.97. The van der Waals surface area contributed by atoms with Gasteiger partial charge in [-0.05, 0) is 47.5 Å². The Labute approximate surface area is 178 Å². The van der Waals surface area contributed by atoms with E-state index in [4.69, 9.17) is 4.74 Å². The summed E-state index contributed by atoms with van der Waals surface area (Å²) in [5, 5.41) is 5.40. The molecule has 1 N–H and O–H groups in total. The summed E-state index contributed by atoms with van der Waals surface area (Å²) in [7, 11) is 1.69. The Morgan fingerprint density at radius 1 is 0.967 bits per heavy atom. The van der Waals surface area contributed by atoms with E-state index in [0.29, 0.717) is 0 Å². The number of piperazine rings is 1. The van der Waals surface area contributed by atoms with Gasteiger partial charge in [-0.15, -0.1) is 0 Å². The SMILES string of the molecule is COc1ccc(CN2CCN([C@H](C)C(=O)Nc3ccc4ccccc4c3)CC2)cc1. The van der Waals surface area contributed by atoms with Crippen LogP contribution in [0.15, 0.2) is 66.7 Å². The fourth-order valence-electron chi connectivity index (χ4n) is 3.98. The van der Waals surface area contributed by atoms with Crippen molar-refractivity contribution in [2.75, 3.05) is 38.6 Å². The molecule has 4 rings (SSSR count).